The summed E-state index contributed by atoms with van der Waals surface area (Å²) in [4.78, 5) is 17.1. The van der Waals surface area contributed by atoms with Crippen molar-refractivity contribution in [3.63, 3.8) is 0 Å². The number of benzene rings is 1. The third-order valence-corrected chi connectivity index (χ3v) is 5.29. The number of urea groups is 1. The number of hydrogen-bond donors (Lipinski definition) is 2. The Morgan fingerprint density at radius 3 is 2.88 bits per heavy atom. The Balaban J connectivity index is 1.80. The number of halogens is 1. The second-order valence-electron chi connectivity index (χ2n) is 7.13. The number of anilines is 1. The SMILES string of the molecule is Cc1c(N)cc(Cl)cc1CN(CC1CC1)C(=O)N1CCNCC1C. The Bertz CT molecular complexity index is 617. The van der Waals surface area contributed by atoms with E-state index < -0.39 is 0 Å². The first-order valence-electron chi connectivity index (χ1n) is 8.76. The van der Waals surface area contributed by atoms with E-state index in [0.29, 0.717) is 23.2 Å². The standard InChI is InChI=1S/C18H27ClN4O/c1-12-9-21-5-6-23(12)18(24)22(10-14-3-4-14)11-15-7-16(19)8-17(20)13(15)2/h7-8,12,14,21H,3-6,9-11,20H2,1-2H3. The Morgan fingerprint density at radius 2 is 2.21 bits per heavy atom. The maximum atomic E-state index is 13.1. The molecule has 0 aromatic heterocycles. The predicted octanol–water partition coefficient (Wildman–Crippen LogP) is 2.86. The highest BCUT2D eigenvalue weighted by Gasteiger charge is 2.32. The quantitative estimate of drug-likeness (QED) is 0.821. The number of piperazine rings is 1. The lowest BCUT2D eigenvalue weighted by atomic mass is 10.1. The van der Waals surface area contributed by atoms with Crippen LogP contribution in [0, 0.1) is 12.8 Å². The first kappa shape index (κ1) is 17.4. The largest absolute Gasteiger partial charge is 0.398 e. The minimum Gasteiger partial charge on any atom is -0.398 e. The van der Waals surface area contributed by atoms with Gasteiger partial charge >= 0.3 is 6.03 Å². The van der Waals surface area contributed by atoms with E-state index in [1.165, 1.54) is 12.8 Å². The van der Waals surface area contributed by atoms with Crippen LogP contribution in [-0.4, -0.2) is 48.1 Å². The number of nitrogens with one attached hydrogen (secondary N) is 1. The number of carbonyl (C=O) groups excluding carboxylic acids is 1. The molecule has 5 nitrogen and oxygen atoms in total. The van der Waals surface area contributed by atoms with Crippen molar-refractivity contribution in [1.82, 2.24) is 15.1 Å². The van der Waals surface area contributed by atoms with Crippen LogP contribution in [0.2, 0.25) is 5.02 Å². The van der Waals surface area contributed by atoms with Crippen LogP contribution in [0.15, 0.2) is 12.1 Å². The fourth-order valence-corrected chi connectivity index (χ4v) is 3.51. The Morgan fingerprint density at radius 1 is 1.46 bits per heavy atom. The number of nitrogens with two attached hydrogens (primary N) is 1. The summed E-state index contributed by atoms with van der Waals surface area (Å²) < 4.78 is 0. The predicted molar refractivity (Wildman–Crippen MR) is 98.2 cm³/mol. The van der Waals surface area contributed by atoms with Crippen molar-refractivity contribution in [3.8, 4) is 0 Å². The van der Waals surface area contributed by atoms with Crippen LogP contribution in [0.3, 0.4) is 0 Å². The topological polar surface area (TPSA) is 61.6 Å². The van der Waals surface area contributed by atoms with E-state index in [1.807, 2.05) is 22.8 Å². The third-order valence-electron chi connectivity index (χ3n) is 5.07. The Kier molecular flexibility index (Phi) is 5.21. The fourth-order valence-electron chi connectivity index (χ4n) is 3.26. The van der Waals surface area contributed by atoms with Crippen molar-refractivity contribution in [2.45, 2.75) is 39.3 Å². The molecule has 3 rings (SSSR count). The lowest BCUT2D eigenvalue weighted by Crippen LogP contribution is -2.56. The van der Waals surface area contributed by atoms with E-state index in [2.05, 4.69) is 12.2 Å². The molecule has 24 heavy (non-hydrogen) atoms. The normalized spacial score (nSPS) is 21.0. The minimum absolute atomic E-state index is 0.133. The second kappa shape index (κ2) is 7.19. The maximum absolute atomic E-state index is 13.1. The molecule has 0 radical (unpaired) electrons. The van der Waals surface area contributed by atoms with Crippen LogP contribution < -0.4 is 11.1 Å². The van der Waals surface area contributed by atoms with E-state index in [4.69, 9.17) is 17.3 Å². The van der Waals surface area contributed by atoms with Crippen molar-refractivity contribution in [2.24, 2.45) is 5.92 Å². The molecule has 0 bridgehead atoms. The number of rotatable bonds is 4. The molecule has 1 heterocycles. The van der Waals surface area contributed by atoms with E-state index in [-0.39, 0.29) is 12.1 Å². The summed E-state index contributed by atoms with van der Waals surface area (Å²) in [6, 6.07) is 4.06. The maximum Gasteiger partial charge on any atom is 0.320 e. The third kappa shape index (κ3) is 3.95. The number of nitrogen functional groups attached to an aromatic ring is 1. The molecule has 1 aliphatic carbocycles. The van der Waals surface area contributed by atoms with E-state index in [9.17, 15) is 4.79 Å². The zero-order valence-corrected chi connectivity index (χ0v) is 15.3. The molecule has 2 fully saturated rings. The lowest BCUT2D eigenvalue weighted by molar-refractivity contribution is 0.121. The molecule has 2 aliphatic rings. The molecular formula is C18H27ClN4O. The molecule has 1 aliphatic heterocycles. The first-order chi connectivity index (χ1) is 11.5. The molecule has 1 aromatic rings. The second-order valence-corrected chi connectivity index (χ2v) is 7.57. The van der Waals surface area contributed by atoms with Gasteiger partial charge in [0.15, 0.2) is 0 Å². The van der Waals surface area contributed by atoms with E-state index in [1.54, 1.807) is 6.07 Å². The van der Waals surface area contributed by atoms with Crippen LogP contribution in [0.1, 0.15) is 30.9 Å². The summed E-state index contributed by atoms with van der Waals surface area (Å²) in [6.07, 6.45) is 2.44. The molecule has 132 valence electrons. The van der Waals surface area contributed by atoms with Gasteiger partial charge in [-0.25, -0.2) is 4.79 Å². The van der Waals surface area contributed by atoms with Gasteiger partial charge in [-0.1, -0.05) is 11.6 Å². The van der Waals surface area contributed by atoms with Gasteiger partial charge in [0.25, 0.3) is 0 Å². The zero-order chi connectivity index (χ0) is 17.3. The highest BCUT2D eigenvalue weighted by Crippen LogP contribution is 2.31. The van der Waals surface area contributed by atoms with Gasteiger partial charge < -0.3 is 20.9 Å². The van der Waals surface area contributed by atoms with Gasteiger partial charge in [0.1, 0.15) is 0 Å². The smallest absolute Gasteiger partial charge is 0.320 e. The monoisotopic (exact) mass is 350 g/mol. The molecular weight excluding hydrogens is 324 g/mol. The number of carbonyl (C=O) groups is 1. The Labute approximate surface area is 149 Å². The van der Waals surface area contributed by atoms with Crippen molar-refractivity contribution < 1.29 is 4.79 Å². The number of amides is 2. The molecule has 3 N–H and O–H groups in total. The van der Waals surface area contributed by atoms with Crippen molar-refractivity contribution >= 4 is 23.3 Å². The lowest BCUT2D eigenvalue weighted by Gasteiger charge is -2.38. The van der Waals surface area contributed by atoms with Crippen LogP contribution in [0.5, 0.6) is 0 Å². The van der Waals surface area contributed by atoms with Gasteiger partial charge in [-0.3, -0.25) is 0 Å². The molecule has 1 aromatic carbocycles. The van der Waals surface area contributed by atoms with Crippen molar-refractivity contribution in [2.75, 3.05) is 31.9 Å². The average Bonchev–Trinajstić information content (AvgIpc) is 3.35. The van der Waals surface area contributed by atoms with Gasteiger partial charge in [0.2, 0.25) is 0 Å². The summed E-state index contributed by atoms with van der Waals surface area (Å²) in [6.45, 7) is 7.96. The summed E-state index contributed by atoms with van der Waals surface area (Å²) in [5.74, 6) is 0.643. The van der Waals surface area contributed by atoms with Gasteiger partial charge in [0.05, 0.1) is 0 Å². The van der Waals surface area contributed by atoms with Gasteiger partial charge in [-0.15, -0.1) is 0 Å². The Hall–Kier alpha value is -1.46. The summed E-state index contributed by atoms with van der Waals surface area (Å²) in [7, 11) is 0. The van der Waals surface area contributed by atoms with Crippen molar-refractivity contribution in [3.05, 3.63) is 28.3 Å². The van der Waals surface area contributed by atoms with E-state index in [0.717, 1.165) is 37.3 Å². The summed E-state index contributed by atoms with van der Waals surface area (Å²) in [5, 5.41) is 3.97. The zero-order valence-electron chi connectivity index (χ0n) is 14.5. The van der Waals surface area contributed by atoms with Gasteiger partial charge in [0, 0.05) is 49.5 Å². The minimum atomic E-state index is 0.133. The molecule has 1 saturated heterocycles. The van der Waals surface area contributed by atoms with Crippen LogP contribution in [0.4, 0.5) is 10.5 Å². The van der Waals surface area contributed by atoms with Crippen LogP contribution in [0.25, 0.3) is 0 Å². The molecule has 2 amide bonds. The molecule has 6 heteroatoms. The van der Waals surface area contributed by atoms with Gasteiger partial charge in [-0.2, -0.15) is 0 Å². The number of hydrogen-bond acceptors (Lipinski definition) is 3. The van der Waals surface area contributed by atoms with Crippen LogP contribution >= 0.6 is 11.6 Å². The highest BCUT2D eigenvalue weighted by molar-refractivity contribution is 6.31. The van der Waals surface area contributed by atoms with Crippen molar-refractivity contribution in [1.29, 1.82) is 0 Å². The highest BCUT2D eigenvalue weighted by atomic mass is 35.5. The van der Waals surface area contributed by atoms with Crippen LogP contribution in [-0.2, 0) is 6.54 Å². The van der Waals surface area contributed by atoms with E-state index >= 15 is 0 Å². The molecule has 1 saturated carbocycles. The molecule has 0 spiro atoms. The summed E-state index contributed by atoms with van der Waals surface area (Å²) >= 11 is 6.17. The fraction of sp³-hybridized carbons (Fsp3) is 0.611. The average molecular weight is 351 g/mol. The first-order valence-corrected chi connectivity index (χ1v) is 9.14. The number of nitrogens with zero attached hydrogens (tertiary/aromatic N) is 2. The summed E-state index contributed by atoms with van der Waals surface area (Å²) in [5.41, 5.74) is 8.79. The van der Waals surface area contributed by atoms with Gasteiger partial charge in [-0.05, 0) is 55.9 Å². The molecule has 1 unspecified atom stereocenters. The molecule has 1 atom stereocenters.